The first kappa shape index (κ1) is 27.9. The van der Waals surface area contributed by atoms with Gasteiger partial charge in [0.25, 0.3) is 0 Å². The van der Waals surface area contributed by atoms with Gasteiger partial charge in [-0.25, -0.2) is 14.2 Å². The van der Waals surface area contributed by atoms with Crippen LogP contribution in [0.15, 0.2) is 30.7 Å². The van der Waals surface area contributed by atoms with E-state index in [9.17, 15) is 28.7 Å². The number of halogens is 1. The molecule has 12 heteroatoms. The molecule has 4 amide bonds. The largest absolute Gasteiger partial charge is 0.514 e. The third-order valence-electron chi connectivity index (χ3n) is 6.49. The van der Waals surface area contributed by atoms with Crippen molar-refractivity contribution in [2.75, 3.05) is 27.2 Å². The van der Waals surface area contributed by atoms with Crippen LogP contribution in [-0.4, -0.2) is 83.0 Å². The Balaban J connectivity index is 2.00. The third kappa shape index (κ3) is 6.76. The quantitative estimate of drug-likeness (QED) is 0.375. The van der Waals surface area contributed by atoms with Crippen LogP contribution in [-0.2, 0) is 19.1 Å². The molecular weight excluding hydrogens is 487 g/mol. The zero-order valence-electron chi connectivity index (χ0n) is 21.2. The van der Waals surface area contributed by atoms with Crippen LogP contribution in [0.3, 0.4) is 0 Å². The molecule has 0 radical (unpaired) electrons. The molecule has 1 aromatic carbocycles. The Hall–Kier alpha value is -3.67. The minimum atomic E-state index is -0.994. The molecule has 2 fully saturated rings. The highest BCUT2D eigenvalue weighted by Crippen LogP contribution is 2.33. The Morgan fingerprint density at radius 3 is 2.51 bits per heavy atom. The topological polar surface area (TPSA) is 129 Å². The van der Waals surface area contributed by atoms with E-state index in [1.807, 2.05) is 0 Å². The number of carbonyl (C=O) groups is 4. The number of aliphatic hydroxyl groups is 1. The second-order valence-electron chi connectivity index (χ2n) is 8.97. The Morgan fingerprint density at radius 2 is 1.95 bits per heavy atom. The smallest absolute Gasteiger partial charge is 0.346 e. The van der Waals surface area contributed by atoms with E-state index in [2.05, 4.69) is 5.32 Å². The number of nitrogens with one attached hydrogen (secondary N) is 1. The number of ether oxygens (including phenoxy) is 2. The van der Waals surface area contributed by atoms with Crippen molar-refractivity contribution in [2.45, 2.75) is 57.3 Å². The van der Waals surface area contributed by atoms with Crippen molar-refractivity contribution < 1.29 is 38.1 Å². The van der Waals surface area contributed by atoms with Crippen LogP contribution in [0.5, 0.6) is 5.75 Å². The molecule has 1 aliphatic heterocycles. The SMILES string of the molecule is COc1ccc(F)cc1[C@H](CN(C(=O)N(C(C)=O)[C@H]1CCNC1=O)N(C)/C=C\O)OC1CCC(=O)CC1. The van der Waals surface area contributed by atoms with Gasteiger partial charge in [0, 0.05) is 38.9 Å². The molecule has 0 spiro atoms. The van der Waals surface area contributed by atoms with E-state index >= 15 is 0 Å². The van der Waals surface area contributed by atoms with Crippen LogP contribution in [0, 0.1) is 5.82 Å². The van der Waals surface area contributed by atoms with Gasteiger partial charge in [-0.3, -0.25) is 24.3 Å². The van der Waals surface area contributed by atoms with E-state index in [0.29, 0.717) is 49.8 Å². The summed E-state index contributed by atoms with van der Waals surface area (Å²) >= 11 is 0. The first-order valence-electron chi connectivity index (χ1n) is 12.1. The number of ketones is 1. The predicted octanol–water partition coefficient (Wildman–Crippen LogP) is 2.44. The summed E-state index contributed by atoms with van der Waals surface area (Å²) in [5.74, 6) is -1.17. The van der Waals surface area contributed by atoms with Gasteiger partial charge < -0.3 is 19.9 Å². The van der Waals surface area contributed by atoms with Gasteiger partial charge in [0.15, 0.2) is 0 Å². The van der Waals surface area contributed by atoms with Crippen LogP contribution in [0.1, 0.15) is 50.7 Å². The van der Waals surface area contributed by atoms with Crippen molar-refractivity contribution >= 4 is 23.6 Å². The molecule has 0 bridgehead atoms. The number of amides is 4. The maximum Gasteiger partial charge on any atom is 0.346 e. The molecule has 1 saturated heterocycles. The first-order chi connectivity index (χ1) is 17.7. The molecule has 2 N–H and O–H groups in total. The minimum absolute atomic E-state index is 0.135. The fourth-order valence-corrected chi connectivity index (χ4v) is 4.57. The molecule has 0 aromatic heterocycles. The number of benzene rings is 1. The van der Waals surface area contributed by atoms with Crippen molar-refractivity contribution in [1.29, 1.82) is 0 Å². The lowest BCUT2D eigenvalue weighted by molar-refractivity contribution is -0.136. The number of rotatable bonds is 9. The molecule has 3 rings (SSSR count). The molecule has 202 valence electrons. The van der Waals surface area contributed by atoms with Crippen molar-refractivity contribution in [3.8, 4) is 5.75 Å². The Labute approximate surface area is 214 Å². The van der Waals surface area contributed by atoms with Crippen LogP contribution in [0.2, 0.25) is 0 Å². The number of imide groups is 1. The van der Waals surface area contributed by atoms with Crippen LogP contribution in [0.25, 0.3) is 0 Å². The second-order valence-corrected chi connectivity index (χ2v) is 8.97. The van der Waals surface area contributed by atoms with Gasteiger partial charge >= 0.3 is 6.03 Å². The summed E-state index contributed by atoms with van der Waals surface area (Å²) in [6.45, 7) is 1.29. The molecule has 11 nitrogen and oxygen atoms in total. The molecule has 2 atom stereocenters. The lowest BCUT2D eigenvalue weighted by atomic mass is 9.96. The van der Waals surface area contributed by atoms with Crippen LogP contribution in [0.4, 0.5) is 9.18 Å². The average Bonchev–Trinajstić information content (AvgIpc) is 3.27. The third-order valence-corrected chi connectivity index (χ3v) is 6.49. The summed E-state index contributed by atoms with van der Waals surface area (Å²) in [6.07, 6.45) is 2.51. The number of carbonyl (C=O) groups excluding carboxylic acids is 4. The van der Waals surface area contributed by atoms with E-state index in [4.69, 9.17) is 9.47 Å². The number of hydrogen-bond donors (Lipinski definition) is 2. The van der Waals surface area contributed by atoms with Crippen molar-refractivity contribution in [2.24, 2.45) is 0 Å². The fourth-order valence-electron chi connectivity index (χ4n) is 4.57. The summed E-state index contributed by atoms with van der Waals surface area (Å²) in [7, 11) is 2.89. The molecular formula is C25H33FN4O7. The monoisotopic (exact) mass is 520 g/mol. The minimum Gasteiger partial charge on any atom is -0.514 e. The number of urea groups is 1. The van der Waals surface area contributed by atoms with Gasteiger partial charge in [-0.15, -0.1) is 0 Å². The van der Waals surface area contributed by atoms with Gasteiger partial charge in [-0.05, 0) is 37.5 Å². The highest BCUT2D eigenvalue weighted by molar-refractivity contribution is 5.99. The Morgan fingerprint density at radius 1 is 1.24 bits per heavy atom. The molecule has 0 unspecified atom stereocenters. The number of nitrogens with zero attached hydrogens (tertiary/aromatic N) is 3. The summed E-state index contributed by atoms with van der Waals surface area (Å²) in [5, 5.41) is 14.4. The van der Waals surface area contributed by atoms with Gasteiger partial charge in [0.05, 0.1) is 32.2 Å². The molecule has 1 aliphatic carbocycles. The standard InChI is InChI=1S/C25H33FN4O7/c1-16(32)30(21-10-11-27-24(21)34)25(35)29(28(2)12-13-31)15-23(37-19-7-5-18(33)6-8-19)20-14-17(26)4-9-22(20)36-3/h4,9,12-14,19,21,23,31H,5-8,10-11,15H2,1-3H3,(H,27,34)/b13-12-/t21-,23-/m0/s1. The molecule has 37 heavy (non-hydrogen) atoms. The van der Waals surface area contributed by atoms with E-state index in [1.165, 1.54) is 50.5 Å². The second kappa shape index (κ2) is 12.5. The lowest BCUT2D eigenvalue weighted by Crippen LogP contribution is -2.56. The molecule has 1 heterocycles. The average molecular weight is 521 g/mol. The summed E-state index contributed by atoms with van der Waals surface area (Å²) in [4.78, 5) is 51.2. The number of hydrazine groups is 1. The van der Waals surface area contributed by atoms with E-state index in [-0.39, 0.29) is 24.9 Å². The predicted molar refractivity (Wildman–Crippen MR) is 130 cm³/mol. The number of hydrogen-bond acceptors (Lipinski definition) is 8. The normalized spacial score (nSPS) is 19.0. The lowest BCUT2D eigenvalue weighted by Gasteiger charge is -2.38. The van der Waals surface area contributed by atoms with E-state index in [1.54, 1.807) is 0 Å². The van der Waals surface area contributed by atoms with Crippen molar-refractivity contribution in [1.82, 2.24) is 20.2 Å². The van der Waals surface area contributed by atoms with Crippen LogP contribution >= 0.6 is 0 Å². The zero-order chi connectivity index (χ0) is 27.1. The number of Topliss-reactive ketones (excluding diaryl/α,β-unsaturated/α-hetero) is 1. The number of aliphatic hydroxyl groups excluding tert-OH is 1. The molecule has 2 aliphatic rings. The van der Waals surface area contributed by atoms with Gasteiger partial charge in [-0.1, -0.05) is 0 Å². The maximum atomic E-state index is 14.3. The Kier molecular flexibility index (Phi) is 9.45. The first-order valence-corrected chi connectivity index (χ1v) is 12.1. The molecule has 1 aromatic rings. The number of methoxy groups -OCH3 is 1. The Bertz CT molecular complexity index is 1040. The van der Waals surface area contributed by atoms with Crippen LogP contribution < -0.4 is 10.1 Å². The van der Waals surface area contributed by atoms with Crippen molar-refractivity contribution in [3.05, 3.63) is 42.0 Å². The molecule has 1 saturated carbocycles. The van der Waals surface area contributed by atoms with Gasteiger partial charge in [0.2, 0.25) is 11.8 Å². The highest BCUT2D eigenvalue weighted by atomic mass is 19.1. The summed E-state index contributed by atoms with van der Waals surface area (Å²) < 4.78 is 26.1. The zero-order valence-corrected chi connectivity index (χ0v) is 21.2. The summed E-state index contributed by atoms with van der Waals surface area (Å²) in [6, 6.07) is 2.11. The van der Waals surface area contributed by atoms with E-state index in [0.717, 1.165) is 9.91 Å². The summed E-state index contributed by atoms with van der Waals surface area (Å²) in [5.41, 5.74) is 0.326. The van der Waals surface area contributed by atoms with Gasteiger partial charge in [0.1, 0.15) is 29.5 Å². The highest BCUT2D eigenvalue weighted by Gasteiger charge is 2.40. The van der Waals surface area contributed by atoms with E-state index < -0.39 is 35.8 Å². The fraction of sp³-hybridized carbons (Fsp3) is 0.520. The van der Waals surface area contributed by atoms with Gasteiger partial charge in [-0.2, -0.15) is 0 Å². The van der Waals surface area contributed by atoms with Crippen molar-refractivity contribution in [3.63, 3.8) is 0 Å². The maximum absolute atomic E-state index is 14.3.